The zero-order valence-corrected chi connectivity index (χ0v) is 13.4. The molecule has 5 rings (SSSR count). The van der Waals surface area contributed by atoms with Gasteiger partial charge in [0.1, 0.15) is 5.82 Å². The smallest absolute Gasteiger partial charge is 0.280 e. The first kappa shape index (κ1) is 14.7. The Hall–Kier alpha value is -1.86. The van der Waals surface area contributed by atoms with E-state index in [0.717, 1.165) is 37.4 Å². The van der Waals surface area contributed by atoms with Crippen LogP contribution in [0.1, 0.15) is 22.6 Å². The number of pyridine rings is 1. The second kappa shape index (κ2) is 5.98. The number of piperidine rings is 3. The molecule has 120 valence electrons. The van der Waals surface area contributed by atoms with Gasteiger partial charge in [0.05, 0.1) is 16.8 Å². The van der Waals surface area contributed by atoms with Crippen LogP contribution in [-0.4, -0.2) is 46.5 Å². The summed E-state index contributed by atoms with van der Waals surface area (Å²) >= 11 is 1.29. The second-order valence-electron chi connectivity index (χ2n) is 6.11. The molecule has 1 unspecified atom stereocenters. The van der Waals surface area contributed by atoms with E-state index in [1.807, 2.05) is 0 Å². The maximum absolute atomic E-state index is 12.9. The van der Waals surface area contributed by atoms with Crippen molar-refractivity contribution < 1.29 is 9.18 Å². The number of thiazole rings is 1. The van der Waals surface area contributed by atoms with Gasteiger partial charge in [0.15, 0.2) is 5.01 Å². The zero-order valence-electron chi connectivity index (χ0n) is 12.5. The average Bonchev–Trinajstić information content (AvgIpc) is 3.07. The summed E-state index contributed by atoms with van der Waals surface area (Å²) in [5, 5.41) is 3.56. The molecule has 7 heteroatoms. The molecule has 1 N–H and O–H groups in total. The van der Waals surface area contributed by atoms with Crippen LogP contribution in [0, 0.1) is 11.7 Å². The molecule has 3 saturated heterocycles. The van der Waals surface area contributed by atoms with E-state index < -0.39 is 0 Å². The maximum atomic E-state index is 12.9. The zero-order chi connectivity index (χ0) is 15.8. The Morgan fingerprint density at radius 1 is 1.26 bits per heavy atom. The van der Waals surface area contributed by atoms with Crippen molar-refractivity contribution >= 4 is 17.2 Å². The molecule has 2 aromatic heterocycles. The first-order valence-electron chi connectivity index (χ1n) is 7.80. The summed E-state index contributed by atoms with van der Waals surface area (Å²) in [5.74, 6) is 0.0860. The molecular formula is C16H17FN4OS. The summed E-state index contributed by atoms with van der Waals surface area (Å²) in [5.41, 5.74) is 0.630. The van der Waals surface area contributed by atoms with Gasteiger partial charge in [-0.2, -0.15) is 0 Å². The van der Waals surface area contributed by atoms with E-state index in [2.05, 4.69) is 20.2 Å². The standard InChI is InChI=1S/C16H17FN4OS/c17-11-1-2-12(18-7-11)14-8-19-16(23-14)15(22)20-13-9-21-5-3-10(13)4-6-21/h1-2,7-8,10,13H,3-6,9H2,(H,20,22). The van der Waals surface area contributed by atoms with Crippen molar-refractivity contribution in [3.05, 3.63) is 35.4 Å². The first-order chi connectivity index (χ1) is 11.2. The molecule has 3 aliphatic heterocycles. The predicted molar refractivity (Wildman–Crippen MR) is 85.7 cm³/mol. The molecule has 0 aliphatic carbocycles. The first-order valence-corrected chi connectivity index (χ1v) is 8.61. The van der Waals surface area contributed by atoms with Gasteiger partial charge < -0.3 is 10.2 Å². The fraction of sp³-hybridized carbons (Fsp3) is 0.438. The molecule has 0 radical (unpaired) electrons. The topological polar surface area (TPSA) is 58.1 Å². The van der Waals surface area contributed by atoms with Crippen molar-refractivity contribution in [3.8, 4) is 10.6 Å². The quantitative estimate of drug-likeness (QED) is 0.936. The highest BCUT2D eigenvalue weighted by Crippen LogP contribution is 2.28. The number of aromatic nitrogens is 2. The van der Waals surface area contributed by atoms with Gasteiger partial charge in [0.2, 0.25) is 0 Å². The summed E-state index contributed by atoms with van der Waals surface area (Å²) in [6, 6.07) is 3.17. The second-order valence-corrected chi connectivity index (χ2v) is 7.14. The summed E-state index contributed by atoms with van der Waals surface area (Å²) in [4.78, 5) is 23.8. The van der Waals surface area contributed by atoms with Crippen molar-refractivity contribution in [2.24, 2.45) is 5.92 Å². The molecule has 0 aromatic carbocycles. The monoisotopic (exact) mass is 332 g/mol. The molecular weight excluding hydrogens is 315 g/mol. The van der Waals surface area contributed by atoms with Crippen molar-refractivity contribution in [1.29, 1.82) is 0 Å². The number of carbonyl (C=O) groups is 1. The van der Waals surface area contributed by atoms with Gasteiger partial charge in [0, 0.05) is 18.8 Å². The molecule has 0 saturated carbocycles. The summed E-state index contributed by atoms with van der Waals surface area (Å²) in [7, 11) is 0. The van der Waals surface area contributed by atoms with Crippen molar-refractivity contribution in [3.63, 3.8) is 0 Å². The summed E-state index contributed by atoms with van der Waals surface area (Å²) in [6.07, 6.45) is 5.11. The molecule has 2 bridgehead atoms. The SMILES string of the molecule is O=C(NC1CN2CCC1CC2)c1ncc(-c2ccc(F)cn2)s1. The maximum Gasteiger partial charge on any atom is 0.280 e. The van der Waals surface area contributed by atoms with Gasteiger partial charge in [-0.15, -0.1) is 11.3 Å². The number of amides is 1. The Labute approximate surface area is 137 Å². The highest BCUT2D eigenvalue weighted by atomic mass is 32.1. The Balaban J connectivity index is 1.46. The number of hydrogen-bond acceptors (Lipinski definition) is 5. The van der Waals surface area contributed by atoms with E-state index >= 15 is 0 Å². The molecule has 5 nitrogen and oxygen atoms in total. The molecule has 3 fully saturated rings. The van der Waals surface area contributed by atoms with Crippen LogP contribution in [0.3, 0.4) is 0 Å². The Morgan fingerprint density at radius 2 is 2.09 bits per heavy atom. The fourth-order valence-electron chi connectivity index (χ4n) is 3.38. The van der Waals surface area contributed by atoms with Crippen LogP contribution >= 0.6 is 11.3 Å². The van der Waals surface area contributed by atoms with Gasteiger partial charge in [-0.05, 0) is 44.0 Å². The minimum Gasteiger partial charge on any atom is -0.346 e. The largest absolute Gasteiger partial charge is 0.346 e. The van der Waals surface area contributed by atoms with Crippen molar-refractivity contribution in [1.82, 2.24) is 20.2 Å². The van der Waals surface area contributed by atoms with Crippen molar-refractivity contribution in [2.45, 2.75) is 18.9 Å². The minimum absolute atomic E-state index is 0.123. The van der Waals surface area contributed by atoms with Gasteiger partial charge in [0.25, 0.3) is 5.91 Å². The highest BCUT2D eigenvalue weighted by Gasteiger charge is 2.35. The van der Waals surface area contributed by atoms with Crippen molar-refractivity contribution in [2.75, 3.05) is 19.6 Å². The lowest BCUT2D eigenvalue weighted by molar-refractivity contribution is 0.0620. The molecule has 0 spiro atoms. The molecule has 1 amide bonds. The Kier molecular flexibility index (Phi) is 3.82. The summed E-state index contributed by atoms with van der Waals surface area (Å²) in [6.45, 7) is 3.23. The third-order valence-corrected chi connectivity index (χ3v) is 5.67. The average molecular weight is 332 g/mol. The number of nitrogens with one attached hydrogen (secondary N) is 1. The number of nitrogens with zero attached hydrogens (tertiary/aromatic N) is 3. The third-order valence-electron chi connectivity index (χ3n) is 4.65. The Bertz CT molecular complexity index is 709. The van der Waals surface area contributed by atoms with Crippen LogP contribution in [0.5, 0.6) is 0 Å². The van der Waals surface area contributed by atoms with Crippen LogP contribution in [-0.2, 0) is 0 Å². The number of rotatable bonds is 3. The molecule has 2 aromatic rings. The Morgan fingerprint density at radius 3 is 2.74 bits per heavy atom. The molecule has 3 aliphatic rings. The van der Waals surface area contributed by atoms with Gasteiger partial charge in [-0.1, -0.05) is 0 Å². The highest BCUT2D eigenvalue weighted by molar-refractivity contribution is 7.16. The lowest BCUT2D eigenvalue weighted by Crippen LogP contribution is -2.57. The molecule has 5 heterocycles. The minimum atomic E-state index is -0.376. The number of fused-ring (bicyclic) bond motifs is 3. The molecule has 1 atom stereocenters. The van der Waals surface area contributed by atoms with Gasteiger partial charge in [-0.25, -0.2) is 9.37 Å². The van der Waals surface area contributed by atoms with Crippen LogP contribution in [0.15, 0.2) is 24.5 Å². The van der Waals surface area contributed by atoms with E-state index in [0.29, 0.717) is 16.6 Å². The molecule has 23 heavy (non-hydrogen) atoms. The lowest BCUT2D eigenvalue weighted by Gasteiger charge is -2.44. The number of hydrogen-bond donors (Lipinski definition) is 1. The summed E-state index contributed by atoms with van der Waals surface area (Å²) < 4.78 is 12.9. The van der Waals surface area contributed by atoms with Crippen LogP contribution < -0.4 is 5.32 Å². The fourth-order valence-corrected chi connectivity index (χ4v) is 4.17. The van der Waals surface area contributed by atoms with Crippen LogP contribution in [0.2, 0.25) is 0 Å². The number of carbonyl (C=O) groups excluding carboxylic acids is 1. The van der Waals surface area contributed by atoms with E-state index in [-0.39, 0.29) is 17.8 Å². The van der Waals surface area contributed by atoms with E-state index in [1.54, 1.807) is 12.3 Å². The number of halogens is 1. The van der Waals surface area contributed by atoms with E-state index in [9.17, 15) is 9.18 Å². The van der Waals surface area contributed by atoms with Gasteiger partial charge in [-0.3, -0.25) is 9.78 Å². The van der Waals surface area contributed by atoms with E-state index in [4.69, 9.17) is 0 Å². The van der Waals surface area contributed by atoms with Crippen LogP contribution in [0.4, 0.5) is 4.39 Å². The third kappa shape index (κ3) is 2.98. The predicted octanol–water partition coefficient (Wildman–Crippen LogP) is 2.17. The van der Waals surface area contributed by atoms with E-state index in [1.165, 1.54) is 23.6 Å². The lowest BCUT2D eigenvalue weighted by atomic mass is 9.84. The van der Waals surface area contributed by atoms with Crippen LogP contribution in [0.25, 0.3) is 10.6 Å². The van der Waals surface area contributed by atoms with Gasteiger partial charge >= 0.3 is 0 Å². The normalized spacial score (nSPS) is 26.2.